The van der Waals surface area contributed by atoms with Crippen molar-refractivity contribution < 1.29 is 18.0 Å². The van der Waals surface area contributed by atoms with Gasteiger partial charge in [-0.25, -0.2) is 0 Å². The lowest BCUT2D eigenvalue weighted by Crippen LogP contribution is -2.40. The van der Waals surface area contributed by atoms with Crippen LogP contribution in [-0.4, -0.2) is 17.9 Å². The zero-order valence-corrected chi connectivity index (χ0v) is 13.6. The maximum absolute atomic E-state index is 12.5. The first-order valence-electron chi connectivity index (χ1n) is 7.40. The molecule has 1 N–H and O–H groups in total. The number of benzene rings is 2. The Morgan fingerprint density at radius 3 is 2.36 bits per heavy atom. The molecule has 1 heterocycles. The van der Waals surface area contributed by atoms with Gasteiger partial charge in [0.25, 0.3) is 0 Å². The van der Waals surface area contributed by atoms with Gasteiger partial charge in [0, 0.05) is 11.4 Å². The number of hydrazone groups is 1. The highest BCUT2D eigenvalue weighted by Gasteiger charge is 2.41. The average molecular weight is 368 g/mol. The molecule has 0 aromatic heterocycles. The highest BCUT2D eigenvalue weighted by Crippen LogP contribution is 2.35. The first kappa shape index (κ1) is 17.3. The molecule has 0 aliphatic carbocycles. The molecule has 4 nitrogen and oxygen atoms in total. The van der Waals surface area contributed by atoms with Gasteiger partial charge in [0.2, 0.25) is 0 Å². The second kappa shape index (κ2) is 6.76. The summed E-state index contributed by atoms with van der Waals surface area (Å²) in [6.07, 6.45) is -4.81. The summed E-state index contributed by atoms with van der Waals surface area (Å²) in [6.45, 7) is 0. The molecule has 1 amide bonds. The van der Waals surface area contributed by atoms with Crippen LogP contribution in [0.1, 0.15) is 18.0 Å². The lowest BCUT2D eigenvalue weighted by atomic mass is 10.0. The van der Waals surface area contributed by atoms with Crippen LogP contribution >= 0.6 is 11.6 Å². The molecule has 3 rings (SSSR count). The molecule has 0 bridgehead atoms. The topological polar surface area (TPSA) is 44.7 Å². The van der Waals surface area contributed by atoms with E-state index in [-0.39, 0.29) is 18.3 Å². The molecule has 130 valence electrons. The zero-order chi connectivity index (χ0) is 18.0. The molecule has 25 heavy (non-hydrogen) atoms. The monoisotopic (exact) mass is 367 g/mol. The van der Waals surface area contributed by atoms with E-state index in [2.05, 4.69) is 5.10 Å². The molecule has 8 heteroatoms. The van der Waals surface area contributed by atoms with Gasteiger partial charge in [-0.15, -0.1) is 0 Å². The first-order chi connectivity index (χ1) is 11.8. The highest BCUT2D eigenvalue weighted by atomic mass is 35.5. The van der Waals surface area contributed by atoms with E-state index < -0.39 is 12.1 Å². The predicted octanol–water partition coefficient (Wildman–Crippen LogP) is 4.28. The van der Waals surface area contributed by atoms with Crippen LogP contribution < -0.4 is 10.3 Å². The van der Waals surface area contributed by atoms with Gasteiger partial charge in [0.15, 0.2) is 0 Å². The Morgan fingerprint density at radius 2 is 1.76 bits per heavy atom. The smallest absolute Gasteiger partial charge is 0.305 e. The van der Waals surface area contributed by atoms with Crippen molar-refractivity contribution in [2.75, 3.05) is 5.01 Å². The van der Waals surface area contributed by atoms with E-state index in [0.717, 1.165) is 5.56 Å². The Hall–Kier alpha value is -2.54. The third-order valence-corrected chi connectivity index (χ3v) is 3.95. The summed E-state index contributed by atoms with van der Waals surface area (Å²) in [7, 11) is 0. The summed E-state index contributed by atoms with van der Waals surface area (Å²) in [5, 5.41) is 8.14. The van der Waals surface area contributed by atoms with Gasteiger partial charge in [-0.2, -0.15) is 18.3 Å². The SMILES string of the molecule is O=C(NC1=NN(c2ccc(Cl)cc2)C(c2ccccc2)C1)C(F)(F)F. The minimum Gasteiger partial charge on any atom is -0.305 e. The second-order valence-corrected chi connectivity index (χ2v) is 5.89. The zero-order valence-electron chi connectivity index (χ0n) is 12.8. The first-order valence-corrected chi connectivity index (χ1v) is 7.78. The standard InChI is InChI=1S/C17H13ClF3N3O/c18-12-6-8-13(9-7-12)24-14(11-4-2-1-3-5-11)10-15(23-24)22-16(25)17(19,20)21/h1-9,14H,10H2,(H,22,23,25). The summed E-state index contributed by atoms with van der Waals surface area (Å²) >= 11 is 5.88. The number of amides is 1. The minimum absolute atomic E-state index is 0.0360. The Morgan fingerprint density at radius 1 is 1.12 bits per heavy atom. The lowest BCUT2D eigenvalue weighted by Gasteiger charge is -2.23. The van der Waals surface area contributed by atoms with E-state index in [1.54, 1.807) is 29.3 Å². The molecule has 1 aliphatic heterocycles. The van der Waals surface area contributed by atoms with Gasteiger partial charge in [-0.1, -0.05) is 41.9 Å². The number of anilines is 1. The third-order valence-electron chi connectivity index (χ3n) is 3.70. The number of carbonyl (C=O) groups is 1. The quantitative estimate of drug-likeness (QED) is 0.861. The number of amidine groups is 1. The van der Waals surface area contributed by atoms with Gasteiger partial charge in [0.1, 0.15) is 5.84 Å². The normalized spacial score (nSPS) is 17.4. The molecule has 0 saturated carbocycles. The van der Waals surface area contributed by atoms with Crippen LogP contribution in [0.3, 0.4) is 0 Å². The largest absolute Gasteiger partial charge is 0.471 e. The average Bonchev–Trinajstić information content (AvgIpc) is 2.99. The molecule has 0 saturated heterocycles. The Labute approximate surface area is 146 Å². The number of hydrogen-bond donors (Lipinski definition) is 1. The Bertz CT molecular complexity index is 791. The van der Waals surface area contributed by atoms with Crippen LogP contribution in [0.15, 0.2) is 59.7 Å². The van der Waals surface area contributed by atoms with Crippen LogP contribution in [0.2, 0.25) is 5.02 Å². The van der Waals surface area contributed by atoms with Gasteiger partial charge in [-0.05, 0) is 29.8 Å². The molecule has 2 aromatic rings. The van der Waals surface area contributed by atoms with Crippen molar-refractivity contribution in [3.05, 3.63) is 65.2 Å². The van der Waals surface area contributed by atoms with Crippen molar-refractivity contribution in [1.29, 1.82) is 0 Å². The molecule has 0 spiro atoms. The van der Waals surface area contributed by atoms with Crippen LogP contribution in [-0.2, 0) is 4.79 Å². The number of halogens is 4. The summed E-state index contributed by atoms with van der Waals surface area (Å²) in [6, 6.07) is 15.7. The van der Waals surface area contributed by atoms with Crippen LogP contribution in [0.5, 0.6) is 0 Å². The van der Waals surface area contributed by atoms with Gasteiger partial charge in [0.05, 0.1) is 11.7 Å². The molecule has 1 unspecified atom stereocenters. The van der Waals surface area contributed by atoms with Gasteiger partial charge in [-0.3, -0.25) is 9.80 Å². The summed E-state index contributed by atoms with van der Waals surface area (Å²) in [5.41, 5.74) is 1.53. The molecular weight excluding hydrogens is 355 g/mol. The fourth-order valence-electron chi connectivity index (χ4n) is 2.55. The van der Waals surface area contributed by atoms with Crippen LogP contribution in [0, 0.1) is 0 Å². The highest BCUT2D eigenvalue weighted by molar-refractivity contribution is 6.30. The van der Waals surface area contributed by atoms with E-state index in [1.807, 2.05) is 35.6 Å². The van der Waals surface area contributed by atoms with Crippen molar-refractivity contribution in [2.24, 2.45) is 5.10 Å². The van der Waals surface area contributed by atoms with Crippen LogP contribution in [0.25, 0.3) is 0 Å². The fourth-order valence-corrected chi connectivity index (χ4v) is 2.68. The lowest BCUT2D eigenvalue weighted by molar-refractivity contribution is -0.171. The van der Waals surface area contributed by atoms with Crippen molar-refractivity contribution in [3.8, 4) is 0 Å². The summed E-state index contributed by atoms with van der Waals surface area (Å²) in [5.74, 6) is -2.07. The summed E-state index contributed by atoms with van der Waals surface area (Å²) in [4.78, 5) is 11.2. The Kier molecular flexibility index (Phi) is 4.67. The second-order valence-electron chi connectivity index (χ2n) is 5.45. The molecule has 1 atom stereocenters. The van der Waals surface area contributed by atoms with Gasteiger partial charge < -0.3 is 5.32 Å². The number of hydrogen-bond acceptors (Lipinski definition) is 3. The van der Waals surface area contributed by atoms with Crippen molar-refractivity contribution in [3.63, 3.8) is 0 Å². The third kappa shape index (κ3) is 3.93. The minimum atomic E-state index is -4.96. The van der Waals surface area contributed by atoms with Gasteiger partial charge >= 0.3 is 12.1 Å². The molecular formula is C17H13ClF3N3O. The van der Waals surface area contributed by atoms with Crippen LogP contribution in [0.4, 0.5) is 18.9 Å². The van der Waals surface area contributed by atoms with E-state index in [9.17, 15) is 18.0 Å². The maximum atomic E-state index is 12.5. The number of rotatable bonds is 2. The Balaban J connectivity index is 1.91. The molecule has 0 radical (unpaired) electrons. The number of nitrogens with zero attached hydrogens (tertiary/aromatic N) is 2. The predicted molar refractivity (Wildman–Crippen MR) is 89.4 cm³/mol. The van der Waals surface area contributed by atoms with E-state index >= 15 is 0 Å². The van der Waals surface area contributed by atoms with Crippen molar-refractivity contribution in [1.82, 2.24) is 5.32 Å². The molecule has 2 aromatic carbocycles. The van der Waals surface area contributed by atoms with Crippen molar-refractivity contribution in [2.45, 2.75) is 18.6 Å². The number of alkyl halides is 3. The maximum Gasteiger partial charge on any atom is 0.471 e. The fraction of sp³-hybridized carbons (Fsp3) is 0.176. The number of nitrogens with one attached hydrogen (secondary N) is 1. The summed E-state index contributed by atoms with van der Waals surface area (Å²) < 4.78 is 37.5. The van der Waals surface area contributed by atoms with E-state index in [4.69, 9.17) is 11.6 Å². The van der Waals surface area contributed by atoms with E-state index in [0.29, 0.717) is 10.7 Å². The molecule has 0 fully saturated rings. The number of carbonyl (C=O) groups excluding carboxylic acids is 1. The van der Waals surface area contributed by atoms with Crippen molar-refractivity contribution >= 4 is 29.0 Å². The van der Waals surface area contributed by atoms with E-state index in [1.165, 1.54) is 0 Å². The molecule has 1 aliphatic rings.